The van der Waals surface area contributed by atoms with Gasteiger partial charge in [0.25, 0.3) is 5.91 Å². The van der Waals surface area contributed by atoms with E-state index in [1.807, 2.05) is 42.1 Å². The molecule has 124 valence electrons. The van der Waals surface area contributed by atoms with Crippen molar-refractivity contribution in [2.45, 2.75) is 13.0 Å². The first kappa shape index (κ1) is 15.8. The van der Waals surface area contributed by atoms with E-state index in [0.29, 0.717) is 17.3 Å². The van der Waals surface area contributed by atoms with Gasteiger partial charge in [0.05, 0.1) is 12.8 Å². The molecular formula is C17H18N4O3. The van der Waals surface area contributed by atoms with E-state index in [9.17, 15) is 4.79 Å². The number of hydrogen-bond donors (Lipinski definition) is 1. The van der Waals surface area contributed by atoms with Gasteiger partial charge in [0, 0.05) is 31.1 Å². The Labute approximate surface area is 139 Å². The third kappa shape index (κ3) is 3.01. The molecule has 0 radical (unpaired) electrons. The SMILES string of the molecule is COc1ccccc1[C@H](NC(=O)c1cc(C)no1)c1nccn1C. The lowest BCUT2D eigenvalue weighted by molar-refractivity contribution is 0.0903. The van der Waals surface area contributed by atoms with Gasteiger partial charge in [0.2, 0.25) is 5.76 Å². The highest BCUT2D eigenvalue weighted by molar-refractivity contribution is 5.92. The summed E-state index contributed by atoms with van der Waals surface area (Å²) in [5.74, 6) is 1.14. The fraction of sp³-hybridized carbons (Fsp3) is 0.235. The number of carbonyl (C=O) groups is 1. The van der Waals surface area contributed by atoms with Gasteiger partial charge >= 0.3 is 0 Å². The van der Waals surface area contributed by atoms with E-state index in [2.05, 4.69) is 15.5 Å². The molecule has 0 bridgehead atoms. The van der Waals surface area contributed by atoms with E-state index in [0.717, 1.165) is 5.56 Å². The summed E-state index contributed by atoms with van der Waals surface area (Å²) in [5.41, 5.74) is 1.45. The minimum Gasteiger partial charge on any atom is -0.496 e. The number of ether oxygens (including phenoxy) is 1. The number of aryl methyl sites for hydroxylation is 2. The van der Waals surface area contributed by atoms with E-state index in [4.69, 9.17) is 9.26 Å². The topological polar surface area (TPSA) is 82.2 Å². The van der Waals surface area contributed by atoms with E-state index < -0.39 is 6.04 Å². The predicted octanol–water partition coefficient (Wildman–Crippen LogP) is 2.24. The Morgan fingerprint density at radius 1 is 1.38 bits per heavy atom. The van der Waals surface area contributed by atoms with Crippen molar-refractivity contribution in [2.75, 3.05) is 7.11 Å². The maximum Gasteiger partial charge on any atom is 0.290 e. The summed E-state index contributed by atoms with van der Waals surface area (Å²) in [6, 6.07) is 8.60. The third-order valence-corrected chi connectivity index (χ3v) is 3.69. The molecule has 0 aliphatic carbocycles. The van der Waals surface area contributed by atoms with Crippen molar-refractivity contribution < 1.29 is 14.1 Å². The Kier molecular flexibility index (Phi) is 4.33. The maximum absolute atomic E-state index is 12.5. The van der Waals surface area contributed by atoms with Crippen molar-refractivity contribution >= 4 is 5.91 Å². The van der Waals surface area contributed by atoms with Crippen LogP contribution in [-0.4, -0.2) is 27.7 Å². The number of imidazole rings is 1. The summed E-state index contributed by atoms with van der Waals surface area (Å²) in [6.07, 6.45) is 3.50. The van der Waals surface area contributed by atoms with Crippen LogP contribution in [0, 0.1) is 6.92 Å². The average molecular weight is 326 g/mol. The Morgan fingerprint density at radius 3 is 2.79 bits per heavy atom. The molecule has 2 heterocycles. The molecule has 1 N–H and O–H groups in total. The highest BCUT2D eigenvalue weighted by Gasteiger charge is 2.25. The molecule has 0 aliphatic heterocycles. The first-order valence-corrected chi connectivity index (χ1v) is 7.44. The molecule has 0 fully saturated rings. The summed E-state index contributed by atoms with van der Waals surface area (Å²) in [4.78, 5) is 16.9. The lowest BCUT2D eigenvalue weighted by atomic mass is 10.0. The summed E-state index contributed by atoms with van der Waals surface area (Å²) in [7, 11) is 3.46. The van der Waals surface area contributed by atoms with E-state index in [1.165, 1.54) is 0 Å². The molecule has 1 amide bonds. The molecule has 0 saturated heterocycles. The number of nitrogens with zero attached hydrogens (tertiary/aromatic N) is 3. The first-order valence-electron chi connectivity index (χ1n) is 7.44. The van der Waals surface area contributed by atoms with Gasteiger partial charge in [-0.2, -0.15) is 0 Å². The molecule has 1 aromatic carbocycles. The number of amides is 1. The Bertz CT molecular complexity index is 853. The second-order valence-electron chi connectivity index (χ2n) is 5.38. The van der Waals surface area contributed by atoms with Gasteiger partial charge in [-0.3, -0.25) is 4.79 Å². The smallest absolute Gasteiger partial charge is 0.290 e. The number of rotatable bonds is 5. The van der Waals surface area contributed by atoms with Crippen molar-refractivity contribution in [3.05, 3.63) is 65.6 Å². The molecule has 0 unspecified atom stereocenters. The zero-order valence-corrected chi connectivity index (χ0v) is 13.7. The number of hydrogen-bond acceptors (Lipinski definition) is 5. The molecule has 0 aliphatic rings. The van der Waals surface area contributed by atoms with Crippen molar-refractivity contribution in [1.29, 1.82) is 0 Å². The maximum atomic E-state index is 12.5. The quantitative estimate of drug-likeness (QED) is 0.777. The fourth-order valence-electron chi connectivity index (χ4n) is 2.51. The van der Waals surface area contributed by atoms with Crippen LogP contribution in [0.4, 0.5) is 0 Å². The second kappa shape index (κ2) is 6.57. The fourth-order valence-corrected chi connectivity index (χ4v) is 2.51. The molecule has 0 spiro atoms. The Morgan fingerprint density at radius 2 is 2.17 bits per heavy atom. The predicted molar refractivity (Wildman–Crippen MR) is 86.8 cm³/mol. The molecule has 3 rings (SSSR count). The van der Waals surface area contributed by atoms with Crippen LogP contribution in [0.25, 0.3) is 0 Å². The van der Waals surface area contributed by atoms with Gasteiger partial charge < -0.3 is 19.1 Å². The zero-order valence-electron chi connectivity index (χ0n) is 13.7. The lowest BCUT2D eigenvalue weighted by Crippen LogP contribution is -2.31. The van der Waals surface area contributed by atoms with Gasteiger partial charge in [-0.1, -0.05) is 23.4 Å². The normalized spacial score (nSPS) is 12.0. The van der Waals surface area contributed by atoms with Crippen LogP contribution in [0.5, 0.6) is 5.75 Å². The molecule has 0 saturated carbocycles. The average Bonchev–Trinajstić information content (AvgIpc) is 3.21. The molecule has 1 atom stereocenters. The zero-order chi connectivity index (χ0) is 17.1. The largest absolute Gasteiger partial charge is 0.496 e. The molecule has 24 heavy (non-hydrogen) atoms. The van der Waals surface area contributed by atoms with Crippen LogP contribution in [0.2, 0.25) is 0 Å². The molecule has 7 heteroatoms. The molecule has 2 aromatic heterocycles. The second-order valence-corrected chi connectivity index (χ2v) is 5.38. The van der Waals surface area contributed by atoms with Crippen molar-refractivity contribution in [2.24, 2.45) is 7.05 Å². The number of para-hydroxylation sites is 1. The number of carbonyl (C=O) groups excluding carboxylic acids is 1. The Hall–Kier alpha value is -3.09. The summed E-state index contributed by atoms with van der Waals surface area (Å²) >= 11 is 0. The minimum atomic E-state index is -0.487. The van der Waals surface area contributed by atoms with E-state index in [1.54, 1.807) is 26.3 Å². The number of methoxy groups -OCH3 is 1. The van der Waals surface area contributed by atoms with Crippen LogP contribution >= 0.6 is 0 Å². The number of benzene rings is 1. The summed E-state index contributed by atoms with van der Waals surface area (Å²) < 4.78 is 12.3. The highest BCUT2D eigenvalue weighted by Crippen LogP contribution is 2.29. The van der Waals surface area contributed by atoms with E-state index in [-0.39, 0.29) is 11.7 Å². The van der Waals surface area contributed by atoms with Gasteiger partial charge in [0.1, 0.15) is 17.6 Å². The van der Waals surface area contributed by atoms with Crippen molar-refractivity contribution in [3.8, 4) is 5.75 Å². The van der Waals surface area contributed by atoms with Crippen LogP contribution in [0.15, 0.2) is 47.2 Å². The van der Waals surface area contributed by atoms with E-state index >= 15 is 0 Å². The molecule has 3 aromatic rings. The molecular weight excluding hydrogens is 308 g/mol. The van der Waals surface area contributed by atoms with Crippen LogP contribution < -0.4 is 10.1 Å². The molecule has 7 nitrogen and oxygen atoms in total. The number of aromatic nitrogens is 3. The van der Waals surface area contributed by atoms with Crippen molar-refractivity contribution in [3.63, 3.8) is 0 Å². The third-order valence-electron chi connectivity index (χ3n) is 3.69. The van der Waals surface area contributed by atoms with Crippen molar-refractivity contribution in [1.82, 2.24) is 20.0 Å². The lowest BCUT2D eigenvalue weighted by Gasteiger charge is -2.20. The first-order chi connectivity index (χ1) is 11.6. The van der Waals surface area contributed by atoms with Crippen LogP contribution in [0.3, 0.4) is 0 Å². The van der Waals surface area contributed by atoms with Gasteiger partial charge in [0.15, 0.2) is 0 Å². The van der Waals surface area contributed by atoms with Crippen LogP contribution in [0.1, 0.15) is 33.7 Å². The summed E-state index contributed by atoms with van der Waals surface area (Å²) in [5, 5.41) is 6.70. The highest BCUT2D eigenvalue weighted by atomic mass is 16.5. The van der Waals surface area contributed by atoms with Gasteiger partial charge in [-0.15, -0.1) is 0 Å². The monoisotopic (exact) mass is 326 g/mol. The standard InChI is InChI=1S/C17H18N4O3/c1-11-10-14(24-20-11)17(22)19-15(16-18-8-9-21(16)2)12-6-4-5-7-13(12)23-3/h4-10,15H,1-3H3,(H,19,22)/t15-/m0/s1. The summed E-state index contributed by atoms with van der Waals surface area (Å²) in [6.45, 7) is 1.76. The van der Waals surface area contributed by atoms with Gasteiger partial charge in [-0.25, -0.2) is 4.98 Å². The van der Waals surface area contributed by atoms with Gasteiger partial charge in [-0.05, 0) is 13.0 Å². The number of nitrogens with one attached hydrogen (secondary N) is 1. The van der Waals surface area contributed by atoms with Crippen LogP contribution in [-0.2, 0) is 7.05 Å². The minimum absolute atomic E-state index is 0.154. The Balaban J connectivity index is 2.00.